The first-order valence-electron chi connectivity index (χ1n) is 9.06. The molecule has 1 atom stereocenters. The van der Waals surface area contributed by atoms with Gasteiger partial charge in [-0.1, -0.05) is 12.1 Å². The second kappa shape index (κ2) is 9.46. The molecule has 1 unspecified atom stereocenters. The van der Waals surface area contributed by atoms with Gasteiger partial charge in [0, 0.05) is 31.9 Å². The number of thioether (sulfide) groups is 1. The third kappa shape index (κ3) is 5.36. The first kappa shape index (κ1) is 18.5. The summed E-state index contributed by atoms with van der Waals surface area (Å²) in [6.07, 6.45) is 1.52. The Hall–Kier alpha value is -1.24. The SMILES string of the molecule is COc1cccc(CC(=O)N2CCCSCC2CN2CCOCC2)c1. The molecule has 0 spiro atoms. The zero-order chi connectivity index (χ0) is 17.5. The van der Waals surface area contributed by atoms with Crippen LogP contribution in [0.5, 0.6) is 5.75 Å². The molecule has 1 aromatic carbocycles. The van der Waals surface area contributed by atoms with Gasteiger partial charge in [-0.15, -0.1) is 0 Å². The smallest absolute Gasteiger partial charge is 0.227 e. The number of hydrogen-bond acceptors (Lipinski definition) is 5. The summed E-state index contributed by atoms with van der Waals surface area (Å²) < 4.78 is 10.7. The van der Waals surface area contributed by atoms with Gasteiger partial charge in [0.25, 0.3) is 0 Å². The predicted molar refractivity (Wildman–Crippen MR) is 101 cm³/mol. The van der Waals surface area contributed by atoms with Gasteiger partial charge in [-0.25, -0.2) is 0 Å². The number of nitrogens with zero attached hydrogens (tertiary/aromatic N) is 2. The quantitative estimate of drug-likeness (QED) is 0.798. The van der Waals surface area contributed by atoms with Crippen molar-refractivity contribution < 1.29 is 14.3 Å². The zero-order valence-corrected chi connectivity index (χ0v) is 15.8. The van der Waals surface area contributed by atoms with Crippen LogP contribution in [0.4, 0.5) is 0 Å². The van der Waals surface area contributed by atoms with E-state index < -0.39 is 0 Å². The molecule has 0 aromatic heterocycles. The normalized spacial score (nSPS) is 22.4. The first-order chi connectivity index (χ1) is 12.3. The molecule has 5 nitrogen and oxygen atoms in total. The molecule has 2 heterocycles. The van der Waals surface area contributed by atoms with Crippen LogP contribution in [0.2, 0.25) is 0 Å². The van der Waals surface area contributed by atoms with Crippen LogP contribution in [-0.4, -0.2) is 79.8 Å². The van der Waals surface area contributed by atoms with E-state index in [0.29, 0.717) is 12.5 Å². The van der Waals surface area contributed by atoms with Crippen LogP contribution in [0.25, 0.3) is 0 Å². The number of rotatable bonds is 5. The fourth-order valence-corrected chi connectivity index (χ4v) is 4.51. The second-order valence-electron chi connectivity index (χ2n) is 6.61. The van der Waals surface area contributed by atoms with Crippen LogP contribution in [0.3, 0.4) is 0 Å². The molecule has 25 heavy (non-hydrogen) atoms. The van der Waals surface area contributed by atoms with Crippen molar-refractivity contribution in [1.82, 2.24) is 9.80 Å². The van der Waals surface area contributed by atoms with Gasteiger partial charge in [-0.05, 0) is 29.9 Å². The minimum absolute atomic E-state index is 0.231. The van der Waals surface area contributed by atoms with Crippen LogP contribution >= 0.6 is 11.8 Å². The summed E-state index contributed by atoms with van der Waals surface area (Å²) in [4.78, 5) is 17.6. The molecule has 1 amide bonds. The maximum absolute atomic E-state index is 13.0. The number of carbonyl (C=O) groups is 1. The number of hydrogen-bond donors (Lipinski definition) is 0. The van der Waals surface area contributed by atoms with Crippen LogP contribution < -0.4 is 4.74 Å². The minimum Gasteiger partial charge on any atom is -0.497 e. The lowest BCUT2D eigenvalue weighted by atomic mass is 10.1. The number of ether oxygens (including phenoxy) is 2. The van der Waals surface area contributed by atoms with Crippen LogP contribution in [-0.2, 0) is 16.0 Å². The molecule has 138 valence electrons. The highest BCUT2D eigenvalue weighted by atomic mass is 32.2. The highest BCUT2D eigenvalue weighted by Gasteiger charge is 2.28. The fraction of sp³-hybridized carbons (Fsp3) is 0.632. The molecule has 0 N–H and O–H groups in total. The summed E-state index contributed by atoms with van der Waals surface area (Å²) in [5.41, 5.74) is 1.02. The summed E-state index contributed by atoms with van der Waals surface area (Å²) in [6, 6.07) is 8.12. The monoisotopic (exact) mass is 364 g/mol. The molecule has 0 aliphatic carbocycles. The molecule has 0 bridgehead atoms. The number of carbonyl (C=O) groups excluding carboxylic acids is 1. The van der Waals surface area contributed by atoms with Crippen molar-refractivity contribution in [1.29, 1.82) is 0 Å². The molecule has 0 saturated carbocycles. The predicted octanol–water partition coefficient (Wildman–Crippen LogP) is 1.90. The third-order valence-electron chi connectivity index (χ3n) is 4.82. The van der Waals surface area contributed by atoms with Gasteiger partial charge in [0.1, 0.15) is 5.75 Å². The van der Waals surface area contributed by atoms with Crippen molar-refractivity contribution in [3.8, 4) is 5.75 Å². The lowest BCUT2D eigenvalue weighted by Crippen LogP contribution is -2.50. The second-order valence-corrected chi connectivity index (χ2v) is 7.76. The lowest BCUT2D eigenvalue weighted by molar-refractivity contribution is -0.132. The van der Waals surface area contributed by atoms with Crippen molar-refractivity contribution in [3.63, 3.8) is 0 Å². The van der Waals surface area contributed by atoms with E-state index >= 15 is 0 Å². The Morgan fingerprint density at radius 1 is 1.32 bits per heavy atom. The zero-order valence-electron chi connectivity index (χ0n) is 15.0. The molecule has 2 fully saturated rings. The Bertz CT molecular complexity index is 563. The Kier molecular flexibility index (Phi) is 7.02. The van der Waals surface area contributed by atoms with Crippen LogP contribution in [0, 0.1) is 0 Å². The first-order valence-corrected chi connectivity index (χ1v) is 10.2. The van der Waals surface area contributed by atoms with Gasteiger partial charge < -0.3 is 14.4 Å². The Morgan fingerprint density at radius 3 is 2.96 bits per heavy atom. The van der Waals surface area contributed by atoms with E-state index in [1.807, 2.05) is 36.0 Å². The number of amides is 1. The standard InChI is InChI=1S/C19H28N2O3S/c1-23-18-5-2-4-16(12-18)13-19(22)21-6-3-11-25-15-17(21)14-20-7-9-24-10-8-20/h2,4-5,12,17H,3,6-11,13-15H2,1H3. The molecule has 2 aliphatic rings. The third-order valence-corrected chi connectivity index (χ3v) is 6.02. The molecule has 1 aromatic rings. The van der Waals surface area contributed by atoms with Crippen molar-refractivity contribution in [3.05, 3.63) is 29.8 Å². The Morgan fingerprint density at radius 2 is 2.16 bits per heavy atom. The topological polar surface area (TPSA) is 42.0 Å². The van der Waals surface area contributed by atoms with E-state index in [2.05, 4.69) is 9.80 Å². The summed E-state index contributed by atoms with van der Waals surface area (Å²) >= 11 is 1.97. The molecular weight excluding hydrogens is 336 g/mol. The average molecular weight is 365 g/mol. The highest BCUT2D eigenvalue weighted by Crippen LogP contribution is 2.20. The molecule has 2 saturated heterocycles. The fourth-order valence-electron chi connectivity index (χ4n) is 3.45. The highest BCUT2D eigenvalue weighted by molar-refractivity contribution is 7.99. The van der Waals surface area contributed by atoms with E-state index in [-0.39, 0.29) is 5.91 Å². The number of methoxy groups -OCH3 is 1. The van der Waals surface area contributed by atoms with E-state index in [0.717, 1.165) is 68.6 Å². The van der Waals surface area contributed by atoms with Gasteiger partial charge in [-0.2, -0.15) is 11.8 Å². The summed E-state index contributed by atoms with van der Waals surface area (Å²) in [5.74, 6) is 3.21. The maximum Gasteiger partial charge on any atom is 0.227 e. The van der Waals surface area contributed by atoms with Crippen molar-refractivity contribution >= 4 is 17.7 Å². The van der Waals surface area contributed by atoms with Gasteiger partial charge in [-0.3, -0.25) is 9.69 Å². The summed E-state index contributed by atoms with van der Waals surface area (Å²) in [7, 11) is 1.66. The Balaban J connectivity index is 1.65. The maximum atomic E-state index is 13.0. The van der Waals surface area contributed by atoms with Crippen molar-refractivity contribution in [2.45, 2.75) is 18.9 Å². The molecule has 6 heteroatoms. The van der Waals surface area contributed by atoms with E-state index in [4.69, 9.17) is 9.47 Å². The van der Waals surface area contributed by atoms with Gasteiger partial charge in [0.15, 0.2) is 0 Å². The van der Waals surface area contributed by atoms with Gasteiger partial charge in [0.05, 0.1) is 32.8 Å². The van der Waals surface area contributed by atoms with Crippen LogP contribution in [0.15, 0.2) is 24.3 Å². The number of morpholine rings is 1. The summed E-state index contributed by atoms with van der Waals surface area (Å²) in [5, 5.41) is 0. The van der Waals surface area contributed by atoms with E-state index in [1.54, 1.807) is 7.11 Å². The molecule has 2 aliphatic heterocycles. The largest absolute Gasteiger partial charge is 0.497 e. The Labute approximate surface area is 154 Å². The van der Waals surface area contributed by atoms with E-state index in [1.165, 1.54) is 0 Å². The molecule has 3 rings (SSSR count). The van der Waals surface area contributed by atoms with Gasteiger partial charge >= 0.3 is 0 Å². The van der Waals surface area contributed by atoms with E-state index in [9.17, 15) is 4.79 Å². The summed E-state index contributed by atoms with van der Waals surface area (Å²) in [6.45, 7) is 5.37. The molecular formula is C19H28N2O3S. The average Bonchev–Trinajstić information content (AvgIpc) is 2.88. The van der Waals surface area contributed by atoms with Crippen LogP contribution in [0.1, 0.15) is 12.0 Å². The van der Waals surface area contributed by atoms with Crippen molar-refractivity contribution in [2.75, 3.05) is 58.0 Å². The molecule has 0 radical (unpaired) electrons. The minimum atomic E-state index is 0.231. The lowest BCUT2D eigenvalue weighted by Gasteiger charge is -2.35. The van der Waals surface area contributed by atoms with Crippen molar-refractivity contribution in [2.24, 2.45) is 0 Å². The number of benzene rings is 1. The van der Waals surface area contributed by atoms with Gasteiger partial charge in [0.2, 0.25) is 5.91 Å².